The molecular weight excluding hydrogens is 254 g/mol. The predicted molar refractivity (Wildman–Crippen MR) is 77.4 cm³/mol. The van der Waals surface area contributed by atoms with Crippen LogP contribution in [0, 0.1) is 26.2 Å². The number of nitrogens with one attached hydrogen (secondary N) is 1. The fraction of sp³-hybridized carbons (Fsp3) is 0.600. The van der Waals surface area contributed by atoms with Gasteiger partial charge in [0.2, 0.25) is 0 Å². The van der Waals surface area contributed by atoms with E-state index in [-0.39, 0.29) is 18.1 Å². The van der Waals surface area contributed by atoms with Crippen LogP contribution in [-0.4, -0.2) is 28.5 Å². The van der Waals surface area contributed by atoms with Gasteiger partial charge in [-0.25, -0.2) is 4.79 Å². The van der Waals surface area contributed by atoms with E-state index >= 15 is 0 Å². The summed E-state index contributed by atoms with van der Waals surface area (Å²) in [5.41, 5.74) is 0.779. The molecular formula is C15H21N3O2. The maximum absolute atomic E-state index is 12.3. The molecule has 0 radical (unpaired) electrons. The number of rotatable bonds is 3. The number of oxazole rings is 1. The lowest BCUT2D eigenvalue weighted by atomic mass is 9.94. The highest BCUT2D eigenvalue weighted by Gasteiger charge is 2.25. The molecule has 1 aromatic rings. The number of carbonyl (C=O) groups excluding carboxylic acids is 1. The van der Waals surface area contributed by atoms with Gasteiger partial charge in [0.1, 0.15) is 5.76 Å². The summed E-state index contributed by atoms with van der Waals surface area (Å²) in [7, 11) is 0. The highest BCUT2D eigenvalue weighted by molar-refractivity contribution is 5.87. The lowest BCUT2D eigenvalue weighted by molar-refractivity contribution is 0.177. The zero-order valence-corrected chi connectivity index (χ0v) is 12.1. The monoisotopic (exact) mass is 275 g/mol. The quantitative estimate of drug-likeness (QED) is 0.862. The second kappa shape index (κ2) is 6.47. The van der Waals surface area contributed by atoms with Gasteiger partial charge in [-0.1, -0.05) is 25.2 Å². The van der Waals surface area contributed by atoms with Gasteiger partial charge in [-0.2, -0.15) is 4.98 Å². The smallest absolute Gasteiger partial charge is 0.326 e. The minimum Gasteiger partial charge on any atom is -0.428 e. The fourth-order valence-electron chi connectivity index (χ4n) is 2.55. The lowest BCUT2D eigenvalue weighted by Gasteiger charge is -2.32. The van der Waals surface area contributed by atoms with Crippen LogP contribution in [-0.2, 0) is 0 Å². The molecule has 0 aromatic carbocycles. The summed E-state index contributed by atoms with van der Waals surface area (Å²) >= 11 is 0. The van der Waals surface area contributed by atoms with Crippen LogP contribution in [0.3, 0.4) is 0 Å². The first kappa shape index (κ1) is 14.4. The Morgan fingerprint density at radius 2 is 2.15 bits per heavy atom. The first-order chi connectivity index (χ1) is 9.61. The summed E-state index contributed by atoms with van der Waals surface area (Å²) in [6, 6.07) is 0.232. The Morgan fingerprint density at radius 3 is 2.70 bits per heavy atom. The Balaban J connectivity index is 2.04. The highest BCUT2D eigenvalue weighted by atomic mass is 16.4. The molecule has 20 heavy (non-hydrogen) atoms. The number of nitrogens with zero attached hydrogens (tertiary/aromatic N) is 2. The van der Waals surface area contributed by atoms with Gasteiger partial charge in [0, 0.05) is 6.04 Å². The first-order valence-electron chi connectivity index (χ1n) is 7.07. The lowest BCUT2D eigenvalue weighted by Crippen LogP contribution is -2.44. The van der Waals surface area contributed by atoms with Crippen LogP contribution in [0.4, 0.5) is 10.8 Å². The molecule has 0 aliphatic heterocycles. The summed E-state index contributed by atoms with van der Waals surface area (Å²) in [5, 5.41) is 2.70. The maximum Gasteiger partial charge on any atom is 0.326 e. The number of urea groups is 1. The van der Waals surface area contributed by atoms with Gasteiger partial charge in [0.15, 0.2) is 0 Å². The van der Waals surface area contributed by atoms with E-state index < -0.39 is 0 Å². The number of anilines is 1. The van der Waals surface area contributed by atoms with Crippen molar-refractivity contribution in [2.45, 2.75) is 52.0 Å². The Labute approximate surface area is 119 Å². The van der Waals surface area contributed by atoms with Crippen molar-refractivity contribution in [3.63, 3.8) is 0 Å². The third-order valence-corrected chi connectivity index (χ3v) is 3.78. The van der Waals surface area contributed by atoms with Gasteiger partial charge < -0.3 is 9.32 Å². The van der Waals surface area contributed by atoms with Gasteiger partial charge in [0.05, 0.1) is 12.2 Å². The molecule has 1 aliphatic rings. The van der Waals surface area contributed by atoms with Gasteiger partial charge in [-0.3, -0.25) is 5.32 Å². The molecule has 0 unspecified atom stereocenters. The van der Waals surface area contributed by atoms with Crippen LogP contribution in [0.2, 0.25) is 0 Å². The van der Waals surface area contributed by atoms with E-state index in [1.165, 1.54) is 6.42 Å². The zero-order chi connectivity index (χ0) is 14.5. The molecule has 1 N–H and O–H groups in total. The van der Waals surface area contributed by atoms with Gasteiger partial charge >= 0.3 is 12.0 Å². The SMILES string of the molecule is C#CCN(C(=O)Nc1nc(C)c(C)o1)C1CCCCC1. The van der Waals surface area contributed by atoms with E-state index in [2.05, 4.69) is 16.2 Å². The van der Waals surface area contributed by atoms with Gasteiger partial charge in [-0.05, 0) is 26.7 Å². The summed E-state index contributed by atoms with van der Waals surface area (Å²) in [6.07, 6.45) is 10.9. The third-order valence-electron chi connectivity index (χ3n) is 3.78. The molecule has 2 rings (SSSR count). The summed E-state index contributed by atoms with van der Waals surface area (Å²) in [6.45, 7) is 3.97. The largest absolute Gasteiger partial charge is 0.428 e. The topological polar surface area (TPSA) is 58.4 Å². The molecule has 1 aliphatic carbocycles. The third kappa shape index (κ3) is 3.32. The van der Waals surface area contributed by atoms with E-state index in [0.29, 0.717) is 12.3 Å². The molecule has 1 fully saturated rings. The van der Waals surface area contributed by atoms with Crippen LogP contribution < -0.4 is 5.32 Å². The van der Waals surface area contributed by atoms with Crippen molar-refractivity contribution in [1.29, 1.82) is 0 Å². The number of terminal acetylenes is 1. The summed E-state index contributed by atoms with van der Waals surface area (Å²) in [5.74, 6) is 3.27. The molecule has 1 heterocycles. The molecule has 5 nitrogen and oxygen atoms in total. The van der Waals surface area contributed by atoms with Crippen molar-refractivity contribution in [2.24, 2.45) is 0 Å². The summed E-state index contributed by atoms with van der Waals surface area (Å²) < 4.78 is 5.38. The minimum absolute atomic E-state index is 0.219. The van der Waals surface area contributed by atoms with E-state index in [9.17, 15) is 4.79 Å². The van der Waals surface area contributed by atoms with E-state index in [1.54, 1.807) is 4.90 Å². The first-order valence-corrected chi connectivity index (χ1v) is 7.07. The predicted octanol–water partition coefficient (Wildman–Crippen LogP) is 3.09. The van der Waals surface area contributed by atoms with Crippen molar-refractivity contribution in [3.8, 4) is 12.3 Å². The molecule has 2 amide bonds. The van der Waals surface area contributed by atoms with Crippen molar-refractivity contribution in [1.82, 2.24) is 9.88 Å². The second-order valence-corrected chi connectivity index (χ2v) is 5.21. The van der Waals surface area contributed by atoms with Crippen LogP contribution in [0.15, 0.2) is 4.42 Å². The molecule has 0 saturated heterocycles. The average molecular weight is 275 g/mol. The number of hydrogen-bond acceptors (Lipinski definition) is 3. The maximum atomic E-state index is 12.3. The Morgan fingerprint density at radius 1 is 1.45 bits per heavy atom. The van der Waals surface area contributed by atoms with Gasteiger partial charge in [0.25, 0.3) is 0 Å². The molecule has 0 atom stereocenters. The fourth-order valence-corrected chi connectivity index (χ4v) is 2.55. The second-order valence-electron chi connectivity index (χ2n) is 5.21. The number of hydrogen-bond donors (Lipinski definition) is 1. The molecule has 1 saturated carbocycles. The van der Waals surface area contributed by atoms with Crippen LogP contribution >= 0.6 is 0 Å². The van der Waals surface area contributed by atoms with Gasteiger partial charge in [-0.15, -0.1) is 6.42 Å². The van der Waals surface area contributed by atoms with Crippen LogP contribution in [0.25, 0.3) is 0 Å². The Hall–Kier alpha value is -1.96. The molecule has 0 spiro atoms. The zero-order valence-electron chi connectivity index (χ0n) is 12.1. The minimum atomic E-state index is -0.226. The highest BCUT2D eigenvalue weighted by Crippen LogP contribution is 2.23. The van der Waals surface area contributed by atoms with Crippen LogP contribution in [0.5, 0.6) is 0 Å². The van der Waals surface area contributed by atoms with E-state index in [4.69, 9.17) is 10.8 Å². The molecule has 1 aromatic heterocycles. The number of amides is 2. The Kier molecular flexibility index (Phi) is 4.67. The standard InChI is InChI=1S/C15H21N3O2/c1-4-10-18(13-8-6-5-7-9-13)15(19)17-14-16-11(2)12(3)20-14/h1,13H,5-10H2,2-3H3,(H,16,17,19). The summed E-state index contributed by atoms with van der Waals surface area (Å²) in [4.78, 5) is 18.2. The Bertz CT molecular complexity index is 490. The van der Waals surface area contributed by atoms with Crippen molar-refractivity contribution < 1.29 is 9.21 Å². The normalized spacial score (nSPS) is 15.7. The number of aromatic nitrogens is 1. The number of aryl methyl sites for hydroxylation is 2. The van der Waals surface area contributed by atoms with Crippen LogP contribution in [0.1, 0.15) is 43.6 Å². The van der Waals surface area contributed by atoms with Crippen molar-refractivity contribution >= 4 is 12.0 Å². The molecule has 108 valence electrons. The van der Waals surface area contributed by atoms with Crippen molar-refractivity contribution in [3.05, 3.63) is 11.5 Å². The number of carbonyl (C=O) groups is 1. The molecule has 5 heteroatoms. The molecule has 0 bridgehead atoms. The van der Waals surface area contributed by atoms with E-state index in [1.807, 2.05) is 13.8 Å². The average Bonchev–Trinajstić information content (AvgIpc) is 2.75. The van der Waals surface area contributed by atoms with E-state index in [0.717, 1.165) is 31.4 Å². The van der Waals surface area contributed by atoms with Crippen molar-refractivity contribution in [2.75, 3.05) is 11.9 Å².